The summed E-state index contributed by atoms with van der Waals surface area (Å²) in [5.74, 6) is -1.42. The number of rotatable bonds is 5. The first-order valence-electron chi connectivity index (χ1n) is 10.4. The predicted molar refractivity (Wildman–Crippen MR) is 119 cm³/mol. The summed E-state index contributed by atoms with van der Waals surface area (Å²) in [7, 11) is 0. The molecule has 0 spiro atoms. The summed E-state index contributed by atoms with van der Waals surface area (Å²) in [6.45, 7) is 0.801. The first-order valence-corrected chi connectivity index (χ1v) is 10.4. The molecule has 2 aliphatic heterocycles. The molecule has 2 atom stereocenters. The lowest BCUT2D eigenvalue weighted by Gasteiger charge is -2.36. The van der Waals surface area contributed by atoms with E-state index < -0.39 is 24.7 Å². The molecule has 4 rings (SSSR count). The molecule has 0 aromatic heterocycles. The molecule has 2 heterocycles. The molecule has 2 aromatic rings. The zero-order valence-corrected chi connectivity index (χ0v) is 18.1. The molecule has 0 radical (unpaired) electrons. The molecule has 0 aliphatic carbocycles. The zero-order valence-electron chi connectivity index (χ0n) is 18.1. The highest BCUT2D eigenvalue weighted by Gasteiger charge is 2.47. The third-order valence-corrected chi connectivity index (χ3v) is 5.54. The fraction of sp³-hybridized carbons (Fsp3) is 0.261. The van der Waals surface area contributed by atoms with Gasteiger partial charge >= 0.3 is 6.18 Å². The number of hydrazine groups is 1. The van der Waals surface area contributed by atoms with Crippen molar-refractivity contribution in [1.82, 2.24) is 10.4 Å². The van der Waals surface area contributed by atoms with Crippen LogP contribution in [0.2, 0.25) is 0 Å². The first-order chi connectivity index (χ1) is 16.2. The monoisotopic (exact) mass is 470 g/mol. The van der Waals surface area contributed by atoms with Crippen molar-refractivity contribution in [3.8, 4) is 6.07 Å². The number of halogens is 3. The molecule has 2 aromatic carbocycles. The molecule has 11 heteroatoms. The van der Waals surface area contributed by atoms with Crippen molar-refractivity contribution in [3.63, 3.8) is 0 Å². The van der Waals surface area contributed by atoms with E-state index in [0.717, 1.165) is 0 Å². The Morgan fingerprint density at radius 3 is 2.62 bits per heavy atom. The topological polar surface area (TPSA) is 100 Å². The minimum Gasteiger partial charge on any atom is -0.376 e. The number of hydrogen-bond donors (Lipinski definition) is 3. The van der Waals surface area contributed by atoms with Crippen LogP contribution in [-0.2, 0) is 9.59 Å². The molecule has 2 aliphatic rings. The van der Waals surface area contributed by atoms with Crippen LogP contribution in [0.15, 0.2) is 60.4 Å². The van der Waals surface area contributed by atoms with Gasteiger partial charge in [0.05, 0.1) is 17.6 Å². The predicted octanol–water partition coefficient (Wildman–Crippen LogP) is 3.18. The van der Waals surface area contributed by atoms with E-state index in [1.165, 1.54) is 17.0 Å². The molecular weight excluding hydrogens is 449 g/mol. The Hall–Kier alpha value is -4.04. The van der Waals surface area contributed by atoms with Crippen LogP contribution in [-0.4, -0.2) is 42.1 Å². The summed E-state index contributed by atoms with van der Waals surface area (Å²) in [5.41, 5.74) is 5.24. The summed E-state index contributed by atoms with van der Waals surface area (Å²) in [6, 6.07) is 13.7. The van der Waals surface area contributed by atoms with Crippen LogP contribution in [0.1, 0.15) is 12.5 Å². The summed E-state index contributed by atoms with van der Waals surface area (Å²) in [4.78, 5) is 27.9. The van der Waals surface area contributed by atoms with Crippen LogP contribution >= 0.6 is 0 Å². The third kappa shape index (κ3) is 4.82. The number of nitrogens with zero attached hydrogens (tertiary/aromatic N) is 3. The van der Waals surface area contributed by atoms with Gasteiger partial charge in [-0.25, -0.2) is 5.43 Å². The Balaban J connectivity index is 1.51. The second kappa shape index (κ2) is 9.07. The van der Waals surface area contributed by atoms with Gasteiger partial charge in [0.25, 0.3) is 5.91 Å². The molecule has 0 saturated carbocycles. The van der Waals surface area contributed by atoms with Crippen LogP contribution in [0.3, 0.4) is 0 Å². The molecule has 1 fully saturated rings. The number of carbonyl (C=O) groups is 2. The lowest BCUT2D eigenvalue weighted by Crippen LogP contribution is -2.53. The van der Waals surface area contributed by atoms with Gasteiger partial charge in [0.2, 0.25) is 5.91 Å². The summed E-state index contributed by atoms with van der Waals surface area (Å²) >= 11 is 0. The van der Waals surface area contributed by atoms with Crippen molar-refractivity contribution in [2.45, 2.75) is 19.1 Å². The number of allylic oxidation sites excluding steroid dienone is 1. The molecule has 34 heavy (non-hydrogen) atoms. The maximum absolute atomic E-state index is 13.4. The van der Waals surface area contributed by atoms with Gasteiger partial charge in [-0.15, -0.1) is 0 Å². The highest BCUT2D eigenvalue weighted by atomic mass is 19.4. The number of anilines is 3. The van der Waals surface area contributed by atoms with Gasteiger partial charge in [-0.1, -0.05) is 6.07 Å². The highest BCUT2D eigenvalue weighted by molar-refractivity contribution is 6.05. The number of amides is 2. The van der Waals surface area contributed by atoms with Crippen LogP contribution in [0.4, 0.5) is 30.2 Å². The quantitative estimate of drug-likeness (QED) is 0.621. The average Bonchev–Trinajstić information content (AvgIpc) is 3.22. The molecule has 1 saturated heterocycles. The van der Waals surface area contributed by atoms with Crippen molar-refractivity contribution < 1.29 is 22.8 Å². The average molecular weight is 470 g/mol. The van der Waals surface area contributed by atoms with Gasteiger partial charge in [-0.3, -0.25) is 14.5 Å². The maximum atomic E-state index is 13.4. The number of fused-ring (bicyclic) bond motifs is 1. The summed E-state index contributed by atoms with van der Waals surface area (Å²) in [6.07, 6.45) is -2.63. The minimum absolute atomic E-state index is 0.234. The number of benzene rings is 2. The fourth-order valence-electron chi connectivity index (χ4n) is 3.99. The molecule has 0 bridgehead atoms. The molecule has 176 valence electrons. The Bertz CT molecular complexity index is 1170. The number of nitriles is 1. The second-order valence-electron chi connectivity index (χ2n) is 7.96. The maximum Gasteiger partial charge on any atom is 0.405 e. The molecule has 1 unspecified atom stereocenters. The van der Waals surface area contributed by atoms with Crippen molar-refractivity contribution in [2.24, 2.45) is 5.92 Å². The fourth-order valence-corrected chi connectivity index (χ4v) is 3.99. The minimum atomic E-state index is -4.34. The molecule has 2 amide bonds. The highest BCUT2D eigenvalue weighted by Crippen LogP contribution is 2.32. The van der Waals surface area contributed by atoms with E-state index in [1.807, 2.05) is 6.07 Å². The SMILES string of the molecule is CC1=CN2NC[C@H](C(=O)Nc3cccc(C#N)c3)C2C(=O)N1c1ccc(NCC(F)(F)F)cc1. The van der Waals surface area contributed by atoms with Crippen LogP contribution in [0.5, 0.6) is 0 Å². The lowest BCUT2D eigenvalue weighted by molar-refractivity contribution is -0.129. The van der Waals surface area contributed by atoms with E-state index in [-0.39, 0.29) is 24.0 Å². The molecular formula is C23H21F3N6O2. The van der Waals surface area contributed by atoms with E-state index in [4.69, 9.17) is 5.26 Å². The van der Waals surface area contributed by atoms with E-state index in [1.54, 1.807) is 54.5 Å². The van der Waals surface area contributed by atoms with Crippen molar-refractivity contribution >= 4 is 28.9 Å². The van der Waals surface area contributed by atoms with Crippen LogP contribution in [0, 0.1) is 17.2 Å². The Kier molecular flexibility index (Phi) is 6.17. The normalized spacial score (nSPS) is 19.9. The van der Waals surface area contributed by atoms with Gasteiger partial charge < -0.3 is 15.6 Å². The number of hydrogen-bond acceptors (Lipinski definition) is 6. The third-order valence-electron chi connectivity index (χ3n) is 5.54. The van der Waals surface area contributed by atoms with E-state index in [2.05, 4.69) is 16.1 Å². The van der Waals surface area contributed by atoms with Crippen molar-refractivity contribution in [3.05, 3.63) is 66.0 Å². The Labute approximate surface area is 193 Å². The number of carbonyl (C=O) groups excluding carboxylic acids is 2. The van der Waals surface area contributed by atoms with Gasteiger partial charge in [0, 0.05) is 35.5 Å². The van der Waals surface area contributed by atoms with E-state index in [9.17, 15) is 22.8 Å². The van der Waals surface area contributed by atoms with Gasteiger partial charge in [-0.05, 0) is 49.4 Å². The standard InChI is InChI=1S/C23H21F3N6O2/c1-14-12-31-20(19(11-29-31)21(33)30-17-4-2-3-15(9-17)10-27)22(34)32(14)18-7-5-16(6-8-18)28-13-23(24,25)26/h2-9,12,19-20,28-29H,11,13H2,1H3,(H,30,33)/t19-,20?/m0/s1. The summed E-state index contributed by atoms with van der Waals surface area (Å²) in [5, 5.41) is 15.7. The zero-order chi connectivity index (χ0) is 24.5. The van der Waals surface area contributed by atoms with Gasteiger partial charge in [0.15, 0.2) is 0 Å². The second-order valence-corrected chi connectivity index (χ2v) is 7.96. The van der Waals surface area contributed by atoms with Crippen molar-refractivity contribution in [2.75, 3.05) is 28.6 Å². The van der Waals surface area contributed by atoms with E-state index in [0.29, 0.717) is 22.6 Å². The first kappa shape index (κ1) is 23.1. The van der Waals surface area contributed by atoms with Gasteiger partial charge in [-0.2, -0.15) is 18.4 Å². The number of nitrogens with one attached hydrogen (secondary N) is 3. The summed E-state index contributed by atoms with van der Waals surface area (Å²) < 4.78 is 37.3. The Morgan fingerprint density at radius 1 is 1.21 bits per heavy atom. The molecule has 3 N–H and O–H groups in total. The van der Waals surface area contributed by atoms with Crippen LogP contribution < -0.4 is 21.0 Å². The Morgan fingerprint density at radius 2 is 1.94 bits per heavy atom. The lowest BCUT2D eigenvalue weighted by atomic mass is 9.97. The smallest absolute Gasteiger partial charge is 0.376 e. The number of alkyl halides is 3. The van der Waals surface area contributed by atoms with Crippen LogP contribution in [0.25, 0.3) is 0 Å². The van der Waals surface area contributed by atoms with E-state index >= 15 is 0 Å². The van der Waals surface area contributed by atoms with Gasteiger partial charge in [0.1, 0.15) is 12.6 Å². The largest absolute Gasteiger partial charge is 0.405 e. The molecule has 8 nitrogen and oxygen atoms in total. The van der Waals surface area contributed by atoms with Crippen molar-refractivity contribution in [1.29, 1.82) is 5.26 Å².